The Kier molecular flexibility index (Phi) is 7.53. The molecule has 3 atom stereocenters. The van der Waals surface area contributed by atoms with Gasteiger partial charge in [-0.2, -0.15) is 5.26 Å². The second-order valence-corrected chi connectivity index (χ2v) is 8.81. The SMILES string of the molecule is C[C@H]1[C@H](C)CCC[C@@H]1NC(=O)COC(=O)c1ccccc1Sc1ccccc1C#N. The zero-order valence-electron chi connectivity index (χ0n) is 17.3. The number of hydrogen-bond donors (Lipinski definition) is 1. The van der Waals surface area contributed by atoms with Crippen molar-refractivity contribution in [1.29, 1.82) is 5.26 Å². The molecule has 0 unspecified atom stereocenters. The van der Waals surface area contributed by atoms with Crippen molar-refractivity contribution in [3.8, 4) is 6.07 Å². The average molecular weight is 423 g/mol. The minimum absolute atomic E-state index is 0.130. The Morgan fingerprint density at radius 1 is 1.10 bits per heavy atom. The number of carbonyl (C=O) groups excluding carboxylic acids is 2. The number of nitrogens with one attached hydrogen (secondary N) is 1. The van der Waals surface area contributed by atoms with E-state index in [-0.39, 0.29) is 18.6 Å². The summed E-state index contributed by atoms with van der Waals surface area (Å²) in [6.45, 7) is 4.07. The van der Waals surface area contributed by atoms with Crippen LogP contribution in [0.3, 0.4) is 0 Å². The highest BCUT2D eigenvalue weighted by molar-refractivity contribution is 7.99. The summed E-state index contributed by atoms with van der Waals surface area (Å²) in [5.41, 5.74) is 0.920. The van der Waals surface area contributed by atoms with Crippen molar-refractivity contribution < 1.29 is 14.3 Å². The van der Waals surface area contributed by atoms with Gasteiger partial charge in [-0.05, 0) is 42.5 Å². The first-order chi connectivity index (χ1) is 14.5. The lowest BCUT2D eigenvalue weighted by molar-refractivity contribution is -0.125. The fourth-order valence-corrected chi connectivity index (χ4v) is 4.75. The van der Waals surface area contributed by atoms with Crippen LogP contribution in [0, 0.1) is 23.2 Å². The summed E-state index contributed by atoms with van der Waals surface area (Å²) in [6, 6.07) is 16.6. The fourth-order valence-electron chi connectivity index (χ4n) is 3.73. The highest BCUT2D eigenvalue weighted by atomic mass is 32.2. The van der Waals surface area contributed by atoms with Gasteiger partial charge < -0.3 is 10.1 Å². The number of rotatable bonds is 6. The maximum absolute atomic E-state index is 12.6. The van der Waals surface area contributed by atoms with Crippen molar-refractivity contribution in [1.82, 2.24) is 5.32 Å². The molecule has 1 aliphatic carbocycles. The number of benzene rings is 2. The van der Waals surface area contributed by atoms with Crippen LogP contribution >= 0.6 is 11.8 Å². The van der Waals surface area contributed by atoms with E-state index < -0.39 is 5.97 Å². The van der Waals surface area contributed by atoms with Gasteiger partial charge in [0, 0.05) is 15.8 Å². The van der Waals surface area contributed by atoms with Gasteiger partial charge >= 0.3 is 5.97 Å². The third-order valence-corrected chi connectivity index (χ3v) is 6.87. The van der Waals surface area contributed by atoms with E-state index in [1.54, 1.807) is 30.3 Å². The quantitative estimate of drug-likeness (QED) is 0.676. The molecule has 5 nitrogen and oxygen atoms in total. The summed E-state index contributed by atoms with van der Waals surface area (Å²) >= 11 is 1.33. The summed E-state index contributed by atoms with van der Waals surface area (Å²) in [5, 5.41) is 12.3. The van der Waals surface area contributed by atoms with E-state index in [0.29, 0.717) is 27.9 Å². The van der Waals surface area contributed by atoms with E-state index in [4.69, 9.17) is 4.74 Å². The highest BCUT2D eigenvalue weighted by Crippen LogP contribution is 2.33. The molecule has 0 aliphatic heterocycles. The molecule has 2 aromatic carbocycles. The fraction of sp³-hybridized carbons (Fsp3) is 0.375. The maximum atomic E-state index is 12.6. The van der Waals surface area contributed by atoms with Gasteiger partial charge in [0.05, 0.1) is 11.1 Å². The van der Waals surface area contributed by atoms with Crippen molar-refractivity contribution in [3.63, 3.8) is 0 Å². The summed E-state index contributed by atoms with van der Waals surface area (Å²) in [7, 11) is 0. The Morgan fingerprint density at radius 2 is 1.80 bits per heavy atom. The van der Waals surface area contributed by atoms with E-state index in [2.05, 4.69) is 25.2 Å². The van der Waals surface area contributed by atoms with Gasteiger partial charge in [0.2, 0.25) is 0 Å². The van der Waals surface area contributed by atoms with Crippen molar-refractivity contribution in [2.75, 3.05) is 6.61 Å². The van der Waals surface area contributed by atoms with E-state index in [0.717, 1.165) is 17.7 Å². The number of carbonyl (C=O) groups is 2. The second kappa shape index (κ2) is 10.3. The van der Waals surface area contributed by atoms with Gasteiger partial charge in [-0.15, -0.1) is 0 Å². The third kappa shape index (κ3) is 5.43. The zero-order valence-corrected chi connectivity index (χ0v) is 18.1. The standard InChI is InChI=1S/C24H26N2O3S/c1-16-8-7-11-20(17(16)2)26-23(27)15-29-24(28)19-10-4-6-13-22(19)30-21-12-5-3-9-18(21)14-25/h3-6,9-10,12-13,16-17,20H,7-8,11,15H2,1-2H3,(H,26,27)/t16-,17+,20+/m1/s1. The predicted octanol–water partition coefficient (Wildman–Crippen LogP) is 4.81. The molecule has 0 heterocycles. The topological polar surface area (TPSA) is 79.2 Å². The smallest absolute Gasteiger partial charge is 0.339 e. The van der Waals surface area contributed by atoms with Gasteiger partial charge in [-0.25, -0.2) is 4.79 Å². The molecule has 3 rings (SSSR count). The first-order valence-electron chi connectivity index (χ1n) is 10.2. The van der Waals surface area contributed by atoms with E-state index in [9.17, 15) is 14.9 Å². The average Bonchev–Trinajstić information content (AvgIpc) is 2.76. The van der Waals surface area contributed by atoms with Gasteiger partial charge in [-0.3, -0.25) is 4.79 Å². The third-order valence-electron chi connectivity index (χ3n) is 5.72. The van der Waals surface area contributed by atoms with Gasteiger partial charge in [0.25, 0.3) is 5.91 Å². The van der Waals surface area contributed by atoms with Crippen molar-refractivity contribution in [2.24, 2.45) is 11.8 Å². The molecule has 0 saturated heterocycles. The van der Waals surface area contributed by atoms with Crippen molar-refractivity contribution >= 4 is 23.6 Å². The molecule has 0 radical (unpaired) electrons. The van der Waals surface area contributed by atoms with Crippen molar-refractivity contribution in [3.05, 3.63) is 59.7 Å². The first kappa shape index (κ1) is 21.9. The monoisotopic (exact) mass is 422 g/mol. The molecule has 1 saturated carbocycles. The highest BCUT2D eigenvalue weighted by Gasteiger charge is 2.28. The van der Waals surface area contributed by atoms with E-state index >= 15 is 0 Å². The van der Waals surface area contributed by atoms with Crippen LogP contribution in [0.2, 0.25) is 0 Å². The minimum Gasteiger partial charge on any atom is -0.452 e. The number of esters is 1. The van der Waals surface area contributed by atoms with Crippen LogP contribution < -0.4 is 5.32 Å². The van der Waals surface area contributed by atoms with Crippen LogP contribution in [0.15, 0.2) is 58.3 Å². The molecule has 6 heteroatoms. The molecule has 1 N–H and O–H groups in total. The molecule has 0 spiro atoms. The lowest BCUT2D eigenvalue weighted by Gasteiger charge is -2.34. The number of ether oxygens (including phenoxy) is 1. The molecule has 1 fully saturated rings. The Morgan fingerprint density at radius 3 is 2.57 bits per heavy atom. The second-order valence-electron chi connectivity index (χ2n) is 7.72. The first-order valence-corrected chi connectivity index (χ1v) is 11.0. The van der Waals surface area contributed by atoms with Crippen LogP contribution in [0.5, 0.6) is 0 Å². The summed E-state index contributed by atoms with van der Waals surface area (Å²) < 4.78 is 5.30. The van der Waals surface area contributed by atoms with E-state index in [1.165, 1.54) is 18.2 Å². The van der Waals surface area contributed by atoms with Gasteiger partial charge in [0.1, 0.15) is 6.07 Å². The van der Waals surface area contributed by atoms with Crippen LogP contribution in [0.4, 0.5) is 0 Å². The van der Waals surface area contributed by atoms with Crippen LogP contribution in [-0.4, -0.2) is 24.5 Å². The summed E-state index contributed by atoms with van der Waals surface area (Å²) in [6.07, 6.45) is 3.25. The van der Waals surface area contributed by atoms with Crippen LogP contribution in [0.1, 0.15) is 49.0 Å². The zero-order chi connectivity index (χ0) is 21.5. The molecule has 156 valence electrons. The molecule has 2 aromatic rings. The normalized spacial score (nSPS) is 20.8. The van der Waals surface area contributed by atoms with Gasteiger partial charge in [0.15, 0.2) is 6.61 Å². The molecule has 1 aliphatic rings. The molecule has 30 heavy (non-hydrogen) atoms. The van der Waals surface area contributed by atoms with E-state index in [1.807, 2.05) is 18.2 Å². The largest absolute Gasteiger partial charge is 0.452 e. The number of hydrogen-bond acceptors (Lipinski definition) is 5. The Hall–Kier alpha value is -2.78. The molecular weight excluding hydrogens is 396 g/mol. The summed E-state index contributed by atoms with van der Waals surface area (Å²) in [5.74, 6) is 0.171. The minimum atomic E-state index is -0.548. The predicted molar refractivity (Wildman–Crippen MR) is 116 cm³/mol. The lowest BCUT2D eigenvalue weighted by Crippen LogP contribution is -2.45. The molecule has 0 bridgehead atoms. The van der Waals surface area contributed by atoms with Crippen molar-refractivity contribution in [2.45, 2.75) is 48.9 Å². The molecule has 1 amide bonds. The van der Waals surface area contributed by atoms with Crippen LogP contribution in [0.25, 0.3) is 0 Å². The molecule has 0 aromatic heterocycles. The Bertz CT molecular complexity index is 953. The number of nitrogens with zero attached hydrogens (tertiary/aromatic N) is 1. The van der Waals surface area contributed by atoms with Gasteiger partial charge in [-0.1, -0.05) is 62.7 Å². The maximum Gasteiger partial charge on any atom is 0.339 e. The number of nitriles is 1. The Balaban J connectivity index is 1.62. The Labute approximate surface area is 181 Å². The number of amides is 1. The summed E-state index contributed by atoms with van der Waals surface area (Å²) in [4.78, 5) is 26.4. The molecular formula is C24H26N2O3S. The lowest BCUT2D eigenvalue weighted by atomic mass is 9.78. The van der Waals surface area contributed by atoms with Crippen LogP contribution in [-0.2, 0) is 9.53 Å².